The first-order valence-electron chi connectivity index (χ1n) is 49.9. The third-order valence-corrected chi connectivity index (χ3v) is 32.8. The maximum absolute atomic E-state index is 14.0. The first-order chi connectivity index (χ1) is 68.3. The summed E-state index contributed by atoms with van der Waals surface area (Å²) >= 11 is 0. The lowest BCUT2D eigenvalue weighted by molar-refractivity contribution is -0.132. The molecule has 15 aliphatic rings. The second kappa shape index (κ2) is 37.9. The minimum absolute atomic E-state index is 0.0394. The van der Waals surface area contributed by atoms with Crippen LogP contribution in [0.3, 0.4) is 0 Å². The molecule has 4 amide bonds. The number of amidine groups is 1. The summed E-state index contributed by atoms with van der Waals surface area (Å²) in [7, 11) is 5.39. The van der Waals surface area contributed by atoms with E-state index in [1.807, 2.05) is 97.2 Å². The van der Waals surface area contributed by atoms with Gasteiger partial charge >= 0.3 is 0 Å². The monoisotopic (exact) mass is 1910 g/mol. The molecule has 24 rings (SSSR count). The number of aliphatic imine (C=N–C) groups is 2. The Morgan fingerprint density at radius 2 is 0.951 bits per heavy atom. The zero-order valence-corrected chi connectivity index (χ0v) is 81.9. The van der Waals surface area contributed by atoms with E-state index in [-0.39, 0.29) is 62.6 Å². The van der Waals surface area contributed by atoms with Crippen LogP contribution in [-0.2, 0) is 33.3 Å². The number of likely N-dealkylation sites (tertiary alicyclic amines) is 3. The van der Waals surface area contributed by atoms with E-state index in [2.05, 4.69) is 141 Å². The van der Waals surface area contributed by atoms with Gasteiger partial charge < -0.3 is 62.8 Å². The summed E-state index contributed by atoms with van der Waals surface area (Å²) in [4.78, 5) is 108. The molecule has 6 saturated heterocycles. The molecule has 32 heteroatoms. The Hall–Kier alpha value is -14.4. The molecule has 3 atom stereocenters. The number of hydrogen-bond donors (Lipinski definition) is 7. The van der Waals surface area contributed by atoms with Crippen molar-refractivity contribution in [1.82, 2.24) is 68.5 Å². The maximum Gasteiger partial charge on any atom is 0.250 e. The largest absolute Gasteiger partial charge is 0.398 e. The van der Waals surface area contributed by atoms with Crippen LogP contribution in [0.5, 0.6) is 0 Å². The molecule has 4 aromatic heterocycles. The van der Waals surface area contributed by atoms with E-state index in [1.165, 1.54) is 40.3 Å². The van der Waals surface area contributed by atoms with E-state index in [0.717, 1.165) is 224 Å². The number of hydrogen-bond acceptors (Lipinski definition) is 23. The van der Waals surface area contributed by atoms with Gasteiger partial charge in [0.25, 0.3) is 5.56 Å². The Morgan fingerprint density at radius 3 is 1.38 bits per heavy atom. The first-order valence-corrected chi connectivity index (χ1v) is 49.9. The molecule has 5 aromatic carbocycles. The van der Waals surface area contributed by atoms with Crippen molar-refractivity contribution in [3.8, 4) is 28.8 Å². The fourth-order valence-corrected chi connectivity index (χ4v) is 24.2. The van der Waals surface area contributed by atoms with Gasteiger partial charge in [-0.1, -0.05) is 104 Å². The highest BCUT2D eigenvalue weighted by molar-refractivity contribution is 6.14. The van der Waals surface area contributed by atoms with Gasteiger partial charge in [-0.3, -0.25) is 63.3 Å². The Balaban J connectivity index is 0.000000131. The summed E-state index contributed by atoms with van der Waals surface area (Å²) < 4.78 is 4.99. The number of pyridine rings is 2. The van der Waals surface area contributed by atoms with Gasteiger partial charge in [0.15, 0.2) is 11.6 Å². The number of nitrogens with zero attached hydrogens (tertiary/aromatic N) is 20. The zero-order valence-electron chi connectivity index (χ0n) is 81.9. The lowest BCUT2D eigenvalue weighted by atomic mass is 9.34. The predicted molar refractivity (Wildman–Crippen MR) is 557 cm³/mol. The Labute approximate surface area is 828 Å². The van der Waals surface area contributed by atoms with Crippen LogP contribution in [0.15, 0.2) is 210 Å². The fraction of sp³-hybridized carbons (Fsp3) is 0.418. The van der Waals surface area contributed by atoms with Crippen molar-refractivity contribution in [3.05, 3.63) is 250 Å². The minimum Gasteiger partial charge on any atom is -0.398 e. The number of nitrogen functional groups attached to an aromatic ring is 3. The Bertz CT molecular complexity index is 6830. The first kappa shape index (κ1) is 95.1. The molecular formula is C110H127N27O5. The summed E-state index contributed by atoms with van der Waals surface area (Å²) in [6.45, 7) is 25.6. The molecule has 4 bridgehead atoms. The number of aromatic nitrogens is 8. The van der Waals surface area contributed by atoms with Gasteiger partial charge in [0.2, 0.25) is 23.6 Å². The number of nitriles is 1. The van der Waals surface area contributed by atoms with Crippen LogP contribution in [0.25, 0.3) is 39.5 Å². The van der Waals surface area contributed by atoms with Crippen LogP contribution >= 0.6 is 0 Å². The van der Waals surface area contributed by atoms with Crippen molar-refractivity contribution in [1.29, 1.82) is 21.5 Å². The Morgan fingerprint density at radius 1 is 0.528 bits per heavy atom. The summed E-state index contributed by atoms with van der Waals surface area (Å²) in [5.41, 5.74) is 42.5. The summed E-state index contributed by atoms with van der Waals surface area (Å²) in [6, 6.07) is 45.3. The van der Waals surface area contributed by atoms with Crippen molar-refractivity contribution >= 4 is 104 Å². The molecule has 32 nitrogen and oxygen atoms in total. The van der Waals surface area contributed by atoms with Gasteiger partial charge in [-0.15, -0.1) is 0 Å². The Kier molecular flexibility index (Phi) is 25.4. The third kappa shape index (κ3) is 18.1. The van der Waals surface area contributed by atoms with Gasteiger partial charge in [-0.2, -0.15) is 15.5 Å². The van der Waals surface area contributed by atoms with Crippen LogP contribution in [-0.4, -0.2) is 246 Å². The smallest absolute Gasteiger partial charge is 0.250 e. The third-order valence-electron chi connectivity index (χ3n) is 32.8. The zero-order chi connectivity index (χ0) is 99.1. The van der Waals surface area contributed by atoms with Crippen LogP contribution in [0, 0.1) is 66.0 Å². The number of nitrogens with two attached hydrogens (primary N) is 4. The average molecular weight is 1910 g/mol. The number of aryl methyl sites for hydroxylation is 2. The van der Waals surface area contributed by atoms with Crippen LogP contribution in [0.2, 0.25) is 0 Å². The second-order valence-electron chi connectivity index (χ2n) is 42.2. The van der Waals surface area contributed by atoms with Crippen molar-refractivity contribution in [2.24, 2.45) is 68.2 Å². The molecule has 732 valence electrons. The number of nitrogens with one attached hydrogen (secondary N) is 3. The van der Waals surface area contributed by atoms with Gasteiger partial charge in [0, 0.05) is 221 Å². The topological polar surface area (TPSA) is 418 Å². The number of rotatable bonds is 25. The molecule has 142 heavy (non-hydrogen) atoms. The minimum atomic E-state index is -0.492. The SMILES string of the molecule is C=C(CN1CC[C@]2(CCN(c3ccc(N)c(C(=N)C45CC(C4)C5)c3)C2=O)C1)N1CC=C(c2ccc(-c3ncn(C)n3)cc2)CC1.C=C(CN1CC[C@]2(CCN(c3ccc(N)c(C(=N)c4ccc(=O)n(C(C)C)c4)n3)C2=O)C1)N1CC=C(c2ccc(C(N)=NC=NC)cc2)CC1.Cn1cnc(-c2ccc(C3=CCN(C(=O)CN4CC[C@]5(CCN(c6ccc(N)c(C(=N)C78CC(C#N)(C7)C8)c6)C5=O)C4)CC3)cc2)n1. The van der Waals surface area contributed by atoms with Crippen molar-refractivity contribution in [2.45, 2.75) is 116 Å². The molecule has 11 N–H and O–H groups in total. The van der Waals surface area contributed by atoms with Gasteiger partial charge in [-0.05, 0) is 224 Å². The summed E-state index contributed by atoms with van der Waals surface area (Å²) in [5.74, 6) is 3.68. The lowest BCUT2D eigenvalue weighted by Crippen LogP contribution is -2.64. The van der Waals surface area contributed by atoms with Crippen LogP contribution < -0.4 is 43.2 Å². The molecule has 9 aliphatic heterocycles. The molecule has 13 heterocycles. The average Bonchev–Trinajstić information content (AvgIpc) is 0.812. The number of anilines is 6. The van der Waals surface area contributed by atoms with Gasteiger partial charge in [0.1, 0.15) is 36.3 Å². The van der Waals surface area contributed by atoms with E-state index in [4.69, 9.17) is 44.1 Å². The second-order valence-corrected chi connectivity index (χ2v) is 42.2. The van der Waals surface area contributed by atoms with Crippen molar-refractivity contribution in [2.75, 3.05) is 157 Å². The predicted octanol–water partition coefficient (Wildman–Crippen LogP) is 12.8. The number of carbonyl (C=O) groups is 4. The van der Waals surface area contributed by atoms with Crippen LogP contribution in [0.1, 0.15) is 161 Å². The van der Waals surface area contributed by atoms with Crippen molar-refractivity contribution in [3.63, 3.8) is 0 Å². The molecular weight excluding hydrogens is 1780 g/mol. The van der Waals surface area contributed by atoms with E-state index >= 15 is 0 Å². The van der Waals surface area contributed by atoms with Gasteiger partial charge in [0.05, 0.1) is 45.7 Å². The molecule has 3 spiro atoms. The normalized spacial score (nSPS) is 25.1. The standard InChI is InChI=1S/C38H46N10O2.C36H39N9O2.C36H42N8O/c1-25(2)48-22-30(9-12-33(48)49)34(40)35-31(39)10-11-32(44-35)47-20-16-38(37(47)50)15-19-45(23-38)21-26(3)46-17-13-28(14-18-46)27-5-7-29(8-6-27)36(41)43-24-42-4;1-42-23-40-32(41-42)26-4-2-24(3-5-26)25-8-12-44(13-9-25)30(46)17-43-14-10-35(22-43)11-15-45(33(35)47)27-6-7-29(38)28(16-27)31(39)36-18-34(19-36,20-36)21-37;1-24(43-13-9-27(10-14-43)26-3-5-28(6-4-26)33-39-23-41(2)40-33)21-42-15-11-35(22-42)12-16-44(34(35)45)29-7-8-31(37)30(17-29)32(38)36-18-25(19-36)20-36/h5-13,22,24-25,40H,3,14-21,23,39H2,1-2,4H3,(H2,41,42,43);2-8,16,23,39H,9-15,17-20,22,38H2,1H3;3-9,17,23,25,38H,1,10-16,18-22,37H2,2H3/t38-;34?,35-,36?;25?,35-,36?/m000/s1. The van der Waals surface area contributed by atoms with E-state index in [9.17, 15) is 29.2 Å². The number of carbonyl (C=O) groups excluding carboxylic acids is 4. The molecule has 0 radical (unpaired) electrons. The van der Waals surface area contributed by atoms with Crippen LogP contribution in [0.4, 0.5) is 34.3 Å². The highest BCUT2D eigenvalue weighted by atomic mass is 16.2. The van der Waals surface area contributed by atoms with Crippen molar-refractivity contribution < 1.29 is 19.2 Å². The lowest BCUT2D eigenvalue weighted by Gasteiger charge is -2.67. The molecule has 6 aliphatic carbocycles. The molecule has 12 fully saturated rings. The maximum atomic E-state index is 14.0. The van der Waals surface area contributed by atoms with E-state index < -0.39 is 10.8 Å². The summed E-state index contributed by atoms with van der Waals surface area (Å²) in [6.07, 6.45) is 26.2. The van der Waals surface area contributed by atoms with Gasteiger partial charge in [-0.25, -0.2) is 19.9 Å². The number of amides is 4. The fourth-order valence-electron chi connectivity index (χ4n) is 24.2. The highest BCUT2D eigenvalue weighted by Gasteiger charge is 2.71. The molecule has 6 saturated carbocycles. The molecule has 0 unspecified atom stereocenters. The number of benzene rings is 5. The molecule has 9 aromatic rings. The summed E-state index contributed by atoms with van der Waals surface area (Å²) in [5, 5.41) is 44.9. The van der Waals surface area contributed by atoms with E-state index in [0.29, 0.717) is 115 Å². The quantitative estimate of drug-likeness (QED) is 0.0159. The van der Waals surface area contributed by atoms with E-state index in [1.54, 1.807) is 69.0 Å². The highest BCUT2D eigenvalue weighted by Crippen LogP contribution is 2.74.